The molecule has 1 nitrogen and oxygen atoms in total. The molecule has 0 spiro atoms. The van der Waals surface area contributed by atoms with E-state index in [1.54, 1.807) is 13.8 Å². The molecule has 0 aromatic heterocycles. The summed E-state index contributed by atoms with van der Waals surface area (Å²) >= 11 is 0. The van der Waals surface area contributed by atoms with E-state index in [0.717, 1.165) is 12.7 Å². The summed E-state index contributed by atoms with van der Waals surface area (Å²) in [5.41, 5.74) is -0.606. The first kappa shape index (κ1) is 11.6. The molecule has 1 saturated carbocycles. The number of hydrogen-bond donors (Lipinski definition) is 0. The van der Waals surface area contributed by atoms with Crippen molar-refractivity contribution in [2.75, 3.05) is 0 Å². The Morgan fingerprint density at radius 2 is 2.07 bits per heavy atom. The third-order valence-electron chi connectivity index (χ3n) is 3.00. The Bertz CT molecular complexity index is 211. The highest BCUT2D eigenvalue weighted by Crippen LogP contribution is 2.43. The fourth-order valence-corrected chi connectivity index (χ4v) is 2.10. The van der Waals surface area contributed by atoms with Gasteiger partial charge in [0.2, 0.25) is 0 Å². The first-order valence-electron chi connectivity index (χ1n) is 5.21. The van der Waals surface area contributed by atoms with Crippen molar-refractivity contribution in [2.45, 2.75) is 51.9 Å². The van der Waals surface area contributed by atoms with E-state index >= 15 is 0 Å². The largest absolute Gasteiger partial charge is 0.303 e. The van der Waals surface area contributed by atoms with Gasteiger partial charge >= 0.3 is 0 Å². The first-order valence-corrected chi connectivity index (χ1v) is 5.21. The SMILES string of the molecule is CC(C)(C=O)CC1CCCCC1(F)F. The third kappa shape index (κ3) is 2.76. The van der Waals surface area contributed by atoms with Crippen LogP contribution in [0.4, 0.5) is 8.78 Å². The van der Waals surface area contributed by atoms with Crippen LogP contribution in [0.25, 0.3) is 0 Å². The Balaban J connectivity index is 2.62. The van der Waals surface area contributed by atoms with E-state index < -0.39 is 17.3 Å². The fraction of sp³-hybridized carbons (Fsp3) is 0.909. The van der Waals surface area contributed by atoms with E-state index in [0.29, 0.717) is 19.3 Å². The van der Waals surface area contributed by atoms with Gasteiger partial charge in [0.25, 0.3) is 5.92 Å². The molecule has 1 fully saturated rings. The second kappa shape index (κ2) is 3.95. The summed E-state index contributed by atoms with van der Waals surface area (Å²) in [6.45, 7) is 3.45. The zero-order valence-corrected chi connectivity index (χ0v) is 8.85. The van der Waals surface area contributed by atoms with E-state index in [9.17, 15) is 13.6 Å². The predicted octanol–water partition coefficient (Wildman–Crippen LogP) is 3.43. The van der Waals surface area contributed by atoms with Gasteiger partial charge in [-0.3, -0.25) is 0 Å². The fourth-order valence-electron chi connectivity index (χ4n) is 2.10. The van der Waals surface area contributed by atoms with Crippen molar-refractivity contribution >= 4 is 6.29 Å². The van der Waals surface area contributed by atoms with Gasteiger partial charge in [0.15, 0.2) is 0 Å². The van der Waals surface area contributed by atoms with Crippen molar-refractivity contribution in [2.24, 2.45) is 11.3 Å². The number of alkyl halides is 2. The minimum Gasteiger partial charge on any atom is -0.303 e. The van der Waals surface area contributed by atoms with Crippen LogP contribution in [0.15, 0.2) is 0 Å². The molecule has 1 rings (SSSR count). The highest BCUT2D eigenvalue weighted by Gasteiger charge is 2.43. The quantitative estimate of drug-likeness (QED) is 0.644. The van der Waals surface area contributed by atoms with Gasteiger partial charge in [-0.25, -0.2) is 8.78 Å². The standard InChI is InChI=1S/C11H18F2O/c1-10(2,8-14)7-9-5-3-4-6-11(9,12)13/h8-9H,3-7H2,1-2H3. The van der Waals surface area contributed by atoms with Crippen LogP contribution in [-0.2, 0) is 4.79 Å². The van der Waals surface area contributed by atoms with Crippen molar-refractivity contribution in [3.05, 3.63) is 0 Å². The zero-order chi connectivity index (χ0) is 10.8. The molecule has 0 radical (unpaired) electrons. The van der Waals surface area contributed by atoms with E-state index in [2.05, 4.69) is 0 Å². The molecular formula is C11H18F2O. The number of aldehydes is 1. The van der Waals surface area contributed by atoms with Crippen LogP contribution in [-0.4, -0.2) is 12.2 Å². The minimum atomic E-state index is -2.56. The maximum Gasteiger partial charge on any atom is 0.250 e. The van der Waals surface area contributed by atoms with Crippen LogP contribution >= 0.6 is 0 Å². The number of carbonyl (C=O) groups is 1. The van der Waals surface area contributed by atoms with Gasteiger partial charge in [-0.15, -0.1) is 0 Å². The predicted molar refractivity (Wildman–Crippen MR) is 51.4 cm³/mol. The average Bonchev–Trinajstić information content (AvgIpc) is 2.09. The molecule has 0 aromatic carbocycles. The molecular weight excluding hydrogens is 186 g/mol. The Morgan fingerprint density at radius 1 is 1.43 bits per heavy atom. The van der Waals surface area contributed by atoms with Gasteiger partial charge in [0.05, 0.1) is 0 Å². The van der Waals surface area contributed by atoms with Crippen molar-refractivity contribution in [1.29, 1.82) is 0 Å². The molecule has 14 heavy (non-hydrogen) atoms. The molecule has 1 unspecified atom stereocenters. The topological polar surface area (TPSA) is 17.1 Å². The minimum absolute atomic E-state index is 0.00734. The number of rotatable bonds is 3. The molecule has 1 aliphatic rings. The van der Waals surface area contributed by atoms with Crippen LogP contribution in [0.5, 0.6) is 0 Å². The third-order valence-corrected chi connectivity index (χ3v) is 3.00. The maximum absolute atomic E-state index is 13.4. The van der Waals surface area contributed by atoms with Crippen molar-refractivity contribution in [3.63, 3.8) is 0 Å². The molecule has 82 valence electrons. The molecule has 0 bridgehead atoms. The molecule has 0 saturated heterocycles. The number of carbonyl (C=O) groups excluding carboxylic acids is 1. The van der Waals surface area contributed by atoms with Crippen LogP contribution in [0.1, 0.15) is 46.0 Å². The van der Waals surface area contributed by atoms with Crippen molar-refractivity contribution in [3.8, 4) is 0 Å². The van der Waals surface area contributed by atoms with Gasteiger partial charge in [0.1, 0.15) is 6.29 Å². The molecule has 0 amide bonds. The summed E-state index contributed by atoms with van der Waals surface area (Å²) in [4.78, 5) is 10.7. The second-order valence-corrected chi connectivity index (χ2v) is 5.01. The Labute approximate surface area is 83.9 Å². The van der Waals surface area contributed by atoms with Crippen LogP contribution in [0.2, 0.25) is 0 Å². The first-order chi connectivity index (χ1) is 6.37. The molecule has 0 N–H and O–H groups in total. The summed E-state index contributed by atoms with van der Waals surface area (Å²) < 4.78 is 26.8. The summed E-state index contributed by atoms with van der Waals surface area (Å²) in [5.74, 6) is -3.16. The van der Waals surface area contributed by atoms with E-state index in [1.807, 2.05) is 0 Å². The van der Waals surface area contributed by atoms with E-state index in [1.165, 1.54) is 0 Å². The van der Waals surface area contributed by atoms with Gasteiger partial charge in [-0.05, 0) is 19.3 Å². The lowest BCUT2D eigenvalue weighted by Crippen LogP contribution is -2.35. The zero-order valence-electron chi connectivity index (χ0n) is 8.85. The molecule has 0 aliphatic heterocycles. The summed E-state index contributed by atoms with van der Waals surface area (Å²) in [7, 11) is 0. The van der Waals surface area contributed by atoms with Crippen molar-refractivity contribution in [1.82, 2.24) is 0 Å². The van der Waals surface area contributed by atoms with Crippen LogP contribution < -0.4 is 0 Å². The monoisotopic (exact) mass is 204 g/mol. The van der Waals surface area contributed by atoms with Gasteiger partial charge < -0.3 is 4.79 Å². The Morgan fingerprint density at radius 3 is 2.57 bits per heavy atom. The summed E-state index contributed by atoms with van der Waals surface area (Å²) in [6.07, 6.45) is 3.14. The lowest BCUT2D eigenvalue weighted by atomic mass is 9.75. The maximum atomic E-state index is 13.4. The Hall–Kier alpha value is -0.470. The smallest absolute Gasteiger partial charge is 0.250 e. The summed E-state index contributed by atoms with van der Waals surface area (Å²) in [6, 6.07) is 0. The van der Waals surface area contributed by atoms with Gasteiger partial charge in [-0.1, -0.05) is 20.3 Å². The van der Waals surface area contributed by atoms with E-state index in [4.69, 9.17) is 0 Å². The van der Waals surface area contributed by atoms with Crippen LogP contribution in [0.3, 0.4) is 0 Å². The molecule has 0 heterocycles. The molecule has 1 atom stereocenters. The van der Waals surface area contributed by atoms with Crippen LogP contribution in [0, 0.1) is 11.3 Å². The lowest BCUT2D eigenvalue weighted by Gasteiger charge is -2.34. The molecule has 1 aliphatic carbocycles. The van der Waals surface area contributed by atoms with Gasteiger partial charge in [-0.2, -0.15) is 0 Å². The number of halogens is 2. The molecule has 0 aromatic rings. The van der Waals surface area contributed by atoms with Gasteiger partial charge in [0, 0.05) is 17.8 Å². The molecule has 3 heteroatoms. The summed E-state index contributed by atoms with van der Waals surface area (Å²) in [5, 5.41) is 0. The van der Waals surface area contributed by atoms with E-state index in [-0.39, 0.29) is 6.42 Å². The average molecular weight is 204 g/mol. The highest BCUT2D eigenvalue weighted by atomic mass is 19.3. The lowest BCUT2D eigenvalue weighted by molar-refractivity contribution is -0.122. The van der Waals surface area contributed by atoms with Crippen molar-refractivity contribution < 1.29 is 13.6 Å². The highest BCUT2D eigenvalue weighted by molar-refractivity contribution is 5.57. The number of hydrogen-bond acceptors (Lipinski definition) is 1. The normalized spacial score (nSPS) is 27.3. The Kier molecular flexibility index (Phi) is 3.28. The second-order valence-electron chi connectivity index (χ2n) is 5.01.